The van der Waals surface area contributed by atoms with E-state index in [1.807, 2.05) is 6.08 Å². The van der Waals surface area contributed by atoms with Crippen molar-refractivity contribution in [3.63, 3.8) is 0 Å². The minimum absolute atomic E-state index is 0.226. The van der Waals surface area contributed by atoms with E-state index in [1.54, 1.807) is 7.05 Å². The molecule has 0 rings (SSSR count). The molecule has 0 aromatic heterocycles. The molecule has 0 unspecified atom stereocenters. The predicted octanol–water partition coefficient (Wildman–Crippen LogP) is 2.37. The Morgan fingerprint density at radius 1 is 1.60 bits per heavy atom. The van der Waals surface area contributed by atoms with Crippen LogP contribution in [0.25, 0.3) is 0 Å². The second kappa shape index (κ2) is 6.33. The summed E-state index contributed by atoms with van der Waals surface area (Å²) in [5, 5.41) is 2.61. The van der Waals surface area contributed by atoms with E-state index in [9.17, 15) is 4.39 Å². The van der Waals surface area contributed by atoms with Gasteiger partial charge in [-0.05, 0) is 12.5 Å². The zero-order valence-electron chi connectivity index (χ0n) is 6.52. The van der Waals surface area contributed by atoms with Gasteiger partial charge in [0.1, 0.15) is 5.83 Å². The van der Waals surface area contributed by atoms with Crippen LogP contribution < -0.4 is 5.32 Å². The van der Waals surface area contributed by atoms with Gasteiger partial charge in [0.25, 0.3) is 0 Å². The van der Waals surface area contributed by atoms with Crippen molar-refractivity contribution >= 4 is 0 Å². The molecular weight excluding hydrogens is 129 g/mol. The van der Waals surface area contributed by atoms with Gasteiger partial charge in [0.2, 0.25) is 0 Å². The van der Waals surface area contributed by atoms with Crippen LogP contribution in [0.5, 0.6) is 0 Å². The van der Waals surface area contributed by atoms with Crippen molar-refractivity contribution in [1.82, 2.24) is 5.32 Å². The molecular formula is C8H14FN. The Bertz CT molecular complexity index is 127. The number of hydrogen-bond donors (Lipinski definition) is 1. The monoisotopic (exact) mass is 143 g/mol. The van der Waals surface area contributed by atoms with Crippen LogP contribution in [0.4, 0.5) is 4.39 Å². The third kappa shape index (κ3) is 5.35. The lowest BCUT2D eigenvalue weighted by Gasteiger charge is -1.87. The van der Waals surface area contributed by atoms with Gasteiger partial charge in [-0.2, -0.15) is 0 Å². The second-order valence-corrected chi connectivity index (χ2v) is 2.01. The van der Waals surface area contributed by atoms with E-state index in [0.717, 1.165) is 12.8 Å². The van der Waals surface area contributed by atoms with E-state index < -0.39 is 0 Å². The third-order valence-electron chi connectivity index (χ3n) is 1.01. The third-order valence-corrected chi connectivity index (χ3v) is 1.01. The van der Waals surface area contributed by atoms with Crippen LogP contribution in [-0.4, -0.2) is 7.05 Å². The molecule has 0 amide bonds. The van der Waals surface area contributed by atoms with Crippen molar-refractivity contribution in [2.24, 2.45) is 0 Å². The standard InChI is InChI=1S/C8H14FN/c1-3-4-5-6-8(9)7-10-2/h5-7,10H,3-4H2,1-2H3/b6-5-,8-7-. The normalized spacial score (nSPS) is 12.5. The van der Waals surface area contributed by atoms with Crippen LogP contribution in [0.2, 0.25) is 0 Å². The number of hydrogen-bond acceptors (Lipinski definition) is 1. The van der Waals surface area contributed by atoms with Crippen molar-refractivity contribution in [2.45, 2.75) is 19.8 Å². The first-order valence-electron chi connectivity index (χ1n) is 3.50. The molecule has 10 heavy (non-hydrogen) atoms. The van der Waals surface area contributed by atoms with Gasteiger partial charge >= 0.3 is 0 Å². The second-order valence-electron chi connectivity index (χ2n) is 2.01. The van der Waals surface area contributed by atoms with Crippen LogP contribution in [0, 0.1) is 0 Å². The average molecular weight is 143 g/mol. The molecule has 1 nitrogen and oxygen atoms in total. The maximum Gasteiger partial charge on any atom is 0.138 e. The molecule has 0 aromatic carbocycles. The van der Waals surface area contributed by atoms with Crippen LogP contribution >= 0.6 is 0 Å². The van der Waals surface area contributed by atoms with Crippen molar-refractivity contribution in [3.8, 4) is 0 Å². The Hall–Kier alpha value is -0.790. The number of allylic oxidation sites excluding steroid dienone is 3. The maximum atomic E-state index is 12.4. The average Bonchev–Trinajstić information content (AvgIpc) is 1.89. The SMILES string of the molecule is CCC/C=C\C(F)=C\NC. The molecule has 0 aliphatic rings. The van der Waals surface area contributed by atoms with Gasteiger partial charge in [-0.3, -0.25) is 0 Å². The van der Waals surface area contributed by atoms with Gasteiger partial charge in [-0.15, -0.1) is 0 Å². The summed E-state index contributed by atoms with van der Waals surface area (Å²) in [4.78, 5) is 0. The van der Waals surface area contributed by atoms with E-state index in [-0.39, 0.29) is 5.83 Å². The van der Waals surface area contributed by atoms with Crippen LogP contribution in [0.1, 0.15) is 19.8 Å². The highest BCUT2D eigenvalue weighted by Gasteiger charge is 1.82. The van der Waals surface area contributed by atoms with E-state index >= 15 is 0 Å². The predicted molar refractivity (Wildman–Crippen MR) is 42.3 cm³/mol. The largest absolute Gasteiger partial charge is 0.392 e. The Morgan fingerprint density at radius 3 is 2.80 bits per heavy atom. The van der Waals surface area contributed by atoms with E-state index in [2.05, 4.69) is 12.2 Å². The molecule has 0 spiro atoms. The summed E-state index contributed by atoms with van der Waals surface area (Å²) in [6.07, 6.45) is 6.61. The lowest BCUT2D eigenvalue weighted by Crippen LogP contribution is -1.92. The molecule has 0 fully saturated rings. The minimum atomic E-state index is -0.226. The Morgan fingerprint density at radius 2 is 2.30 bits per heavy atom. The fraction of sp³-hybridized carbons (Fsp3) is 0.500. The van der Waals surface area contributed by atoms with E-state index in [1.165, 1.54) is 12.3 Å². The zero-order chi connectivity index (χ0) is 7.82. The summed E-state index contributed by atoms with van der Waals surface area (Å²) in [7, 11) is 1.67. The molecule has 0 bridgehead atoms. The van der Waals surface area contributed by atoms with Gasteiger partial charge in [0, 0.05) is 13.2 Å². The van der Waals surface area contributed by atoms with E-state index in [0.29, 0.717) is 0 Å². The molecule has 0 radical (unpaired) electrons. The molecule has 0 heterocycles. The number of rotatable bonds is 4. The highest BCUT2D eigenvalue weighted by atomic mass is 19.1. The van der Waals surface area contributed by atoms with Crippen LogP contribution in [0.3, 0.4) is 0 Å². The van der Waals surface area contributed by atoms with Crippen LogP contribution in [0.15, 0.2) is 24.2 Å². The fourth-order valence-corrected chi connectivity index (χ4v) is 0.549. The van der Waals surface area contributed by atoms with Crippen molar-refractivity contribution < 1.29 is 4.39 Å². The topological polar surface area (TPSA) is 12.0 Å². The summed E-state index contributed by atoms with van der Waals surface area (Å²) in [6.45, 7) is 2.06. The maximum absolute atomic E-state index is 12.4. The highest BCUT2D eigenvalue weighted by molar-refractivity contribution is 5.09. The van der Waals surface area contributed by atoms with Gasteiger partial charge in [-0.1, -0.05) is 19.4 Å². The lowest BCUT2D eigenvalue weighted by atomic mass is 10.3. The van der Waals surface area contributed by atoms with Crippen molar-refractivity contribution in [3.05, 3.63) is 24.2 Å². The summed E-state index contributed by atoms with van der Waals surface area (Å²) >= 11 is 0. The Balaban J connectivity index is 3.55. The number of unbranched alkanes of at least 4 members (excludes halogenated alkanes) is 1. The molecule has 1 N–H and O–H groups in total. The number of halogens is 1. The number of nitrogens with one attached hydrogen (secondary N) is 1. The summed E-state index contributed by atoms with van der Waals surface area (Å²) in [5.41, 5.74) is 0. The first kappa shape index (κ1) is 9.21. The molecule has 0 atom stereocenters. The quantitative estimate of drug-likeness (QED) is 0.596. The molecule has 0 aromatic rings. The van der Waals surface area contributed by atoms with Crippen LogP contribution in [-0.2, 0) is 0 Å². The molecule has 0 saturated carbocycles. The Labute approximate surface area is 61.6 Å². The molecule has 2 heteroatoms. The smallest absolute Gasteiger partial charge is 0.138 e. The van der Waals surface area contributed by atoms with E-state index in [4.69, 9.17) is 0 Å². The Kier molecular flexibility index (Phi) is 5.83. The molecule has 58 valence electrons. The van der Waals surface area contributed by atoms with Gasteiger partial charge < -0.3 is 5.32 Å². The van der Waals surface area contributed by atoms with Crippen molar-refractivity contribution in [2.75, 3.05) is 7.05 Å². The minimum Gasteiger partial charge on any atom is -0.392 e. The summed E-state index contributed by atoms with van der Waals surface area (Å²) in [5.74, 6) is -0.226. The van der Waals surface area contributed by atoms with Gasteiger partial charge in [-0.25, -0.2) is 4.39 Å². The highest BCUT2D eigenvalue weighted by Crippen LogP contribution is 1.98. The van der Waals surface area contributed by atoms with Gasteiger partial charge in [0.05, 0.1) is 0 Å². The molecule has 0 saturated heterocycles. The molecule has 0 aliphatic heterocycles. The van der Waals surface area contributed by atoms with Gasteiger partial charge in [0.15, 0.2) is 0 Å². The zero-order valence-corrected chi connectivity index (χ0v) is 6.52. The molecule has 0 aliphatic carbocycles. The summed E-state index contributed by atoms with van der Waals surface area (Å²) in [6, 6.07) is 0. The summed E-state index contributed by atoms with van der Waals surface area (Å²) < 4.78 is 12.4. The lowest BCUT2D eigenvalue weighted by molar-refractivity contribution is 0.656. The fourth-order valence-electron chi connectivity index (χ4n) is 0.549. The van der Waals surface area contributed by atoms with Crippen molar-refractivity contribution in [1.29, 1.82) is 0 Å². The first-order valence-corrected chi connectivity index (χ1v) is 3.50. The first-order chi connectivity index (χ1) is 4.81.